The van der Waals surface area contributed by atoms with E-state index in [0.717, 1.165) is 25.9 Å². The molecule has 1 aliphatic heterocycles. The van der Waals surface area contributed by atoms with Crippen LogP contribution in [0.25, 0.3) is 0 Å². The highest BCUT2D eigenvalue weighted by molar-refractivity contribution is 5.16. The molecule has 1 N–H and O–H groups in total. The molecule has 21 heavy (non-hydrogen) atoms. The summed E-state index contributed by atoms with van der Waals surface area (Å²) in [6.07, 6.45) is 6.14. The van der Waals surface area contributed by atoms with Gasteiger partial charge in [0.15, 0.2) is 0 Å². The molecule has 0 aliphatic carbocycles. The van der Waals surface area contributed by atoms with Gasteiger partial charge in [-0.25, -0.2) is 0 Å². The number of aromatic nitrogens is 1. The molecule has 110 valence electrons. The minimum absolute atomic E-state index is 0.333. The van der Waals surface area contributed by atoms with E-state index in [1.54, 1.807) is 0 Å². The van der Waals surface area contributed by atoms with Crippen molar-refractivity contribution < 1.29 is 4.74 Å². The number of pyridine rings is 1. The summed E-state index contributed by atoms with van der Waals surface area (Å²) in [6, 6.07) is 14.7. The molecule has 0 unspecified atom stereocenters. The van der Waals surface area contributed by atoms with E-state index in [0.29, 0.717) is 18.6 Å². The largest absolute Gasteiger partial charge is 0.373 e. The number of hydrogen-bond acceptors (Lipinski definition) is 3. The summed E-state index contributed by atoms with van der Waals surface area (Å²) < 4.78 is 6.19. The Labute approximate surface area is 126 Å². The quantitative estimate of drug-likeness (QED) is 0.915. The Bertz CT molecular complexity index is 529. The first kappa shape index (κ1) is 14.2. The van der Waals surface area contributed by atoms with Crippen LogP contribution in [0, 0.1) is 5.92 Å². The molecule has 0 saturated carbocycles. The van der Waals surface area contributed by atoms with Gasteiger partial charge < -0.3 is 10.1 Å². The Morgan fingerprint density at radius 2 is 1.86 bits per heavy atom. The summed E-state index contributed by atoms with van der Waals surface area (Å²) in [5.74, 6) is 0.544. The van der Waals surface area contributed by atoms with Gasteiger partial charge in [-0.1, -0.05) is 30.3 Å². The van der Waals surface area contributed by atoms with Crippen LogP contribution in [0.15, 0.2) is 54.9 Å². The van der Waals surface area contributed by atoms with Crippen molar-refractivity contribution in [1.29, 1.82) is 0 Å². The van der Waals surface area contributed by atoms with Crippen molar-refractivity contribution in [1.82, 2.24) is 10.3 Å². The highest BCUT2D eigenvalue weighted by atomic mass is 16.5. The monoisotopic (exact) mass is 282 g/mol. The van der Waals surface area contributed by atoms with Crippen LogP contribution in [0.2, 0.25) is 0 Å². The second kappa shape index (κ2) is 7.34. The van der Waals surface area contributed by atoms with Crippen LogP contribution < -0.4 is 5.32 Å². The zero-order valence-electron chi connectivity index (χ0n) is 12.2. The van der Waals surface area contributed by atoms with Crippen molar-refractivity contribution in [2.45, 2.75) is 25.6 Å². The molecule has 3 heteroatoms. The maximum atomic E-state index is 6.19. The van der Waals surface area contributed by atoms with Gasteiger partial charge in [-0.3, -0.25) is 4.98 Å². The minimum atomic E-state index is 0.333. The third-order valence-corrected chi connectivity index (χ3v) is 4.09. The average molecular weight is 282 g/mol. The number of nitrogens with zero attached hydrogens (tertiary/aromatic N) is 1. The molecule has 2 atom stereocenters. The highest BCUT2D eigenvalue weighted by Crippen LogP contribution is 2.21. The van der Waals surface area contributed by atoms with Crippen LogP contribution in [-0.4, -0.2) is 24.2 Å². The molecular weight excluding hydrogens is 260 g/mol. The summed E-state index contributed by atoms with van der Waals surface area (Å²) in [4.78, 5) is 4.05. The van der Waals surface area contributed by atoms with Crippen molar-refractivity contribution in [3.63, 3.8) is 0 Å². The van der Waals surface area contributed by atoms with Crippen molar-refractivity contribution >= 4 is 0 Å². The molecule has 3 rings (SSSR count). The van der Waals surface area contributed by atoms with Crippen molar-refractivity contribution in [2.75, 3.05) is 13.1 Å². The SMILES string of the molecule is c1ccc(C[C@H]2CNCC[C@H]2OCc2ccncc2)cc1. The highest BCUT2D eigenvalue weighted by Gasteiger charge is 2.25. The lowest BCUT2D eigenvalue weighted by atomic mass is 9.89. The molecule has 3 nitrogen and oxygen atoms in total. The Morgan fingerprint density at radius 3 is 2.67 bits per heavy atom. The fourth-order valence-corrected chi connectivity index (χ4v) is 2.92. The summed E-state index contributed by atoms with van der Waals surface area (Å²) in [7, 11) is 0. The second-order valence-electron chi connectivity index (χ2n) is 5.65. The van der Waals surface area contributed by atoms with Crippen molar-refractivity contribution in [2.24, 2.45) is 5.92 Å². The summed E-state index contributed by atoms with van der Waals surface area (Å²) in [6.45, 7) is 2.76. The van der Waals surface area contributed by atoms with Crippen molar-refractivity contribution in [3.05, 3.63) is 66.0 Å². The molecule has 0 amide bonds. The average Bonchev–Trinajstić information content (AvgIpc) is 2.56. The Balaban J connectivity index is 1.59. The lowest BCUT2D eigenvalue weighted by molar-refractivity contribution is -0.0151. The maximum Gasteiger partial charge on any atom is 0.0721 e. The van der Waals surface area contributed by atoms with Crippen LogP contribution in [-0.2, 0) is 17.8 Å². The van der Waals surface area contributed by atoms with Gasteiger partial charge in [0.25, 0.3) is 0 Å². The second-order valence-corrected chi connectivity index (χ2v) is 5.65. The normalized spacial score (nSPS) is 22.1. The molecule has 1 aromatic carbocycles. The first-order valence-electron chi connectivity index (χ1n) is 7.67. The number of rotatable bonds is 5. The maximum absolute atomic E-state index is 6.19. The van der Waals surface area contributed by atoms with E-state index >= 15 is 0 Å². The molecule has 2 heterocycles. The number of benzene rings is 1. The lowest BCUT2D eigenvalue weighted by Gasteiger charge is -2.32. The van der Waals surface area contributed by atoms with Gasteiger partial charge in [0, 0.05) is 24.9 Å². The van der Waals surface area contributed by atoms with Crippen LogP contribution in [0.3, 0.4) is 0 Å². The van der Waals surface area contributed by atoms with E-state index in [1.165, 1.54) is 11.1 Å². The molecule has 0 spiro atoms. The summed E-state index contributed by atoms with van der Waals surface area (Å²) in [5, 5.41) is 3.49. The molecule has 1 aliphatic rings. The Hall–Kier alpha value is -1.71. The van der Waals surface area contributed by atoms with E-state index in [9.17, 15) is 0 Å². The van der Waals surface area contributed by atoms with Gasteiger partial charge in [0.2, 0.25) is 0 Å². The topological polar surface area (TPSA) is 34.1 Å². The number of nitrogens with one attached hydrogen (secondary N) is 1. The minimum Gasteiger partial charge on any atom is -0.373 e. The van der Waals surface area contributed by atoms with Gasteiger partial charge in [0.1, 0.15) is 0 Å². The zero-order valence-corrected chi connectivity index (χ0v) is 12.2. The van der Waals surface area contributed by atoms with Gasteiger partial charge >= 0.3 is 0 Å². The van der Waals surface area contributed by atoms with E-state index in [2.05, 4.69) is 40.6 Å². The van der Waals surface area contributed by atoms with Crippen molar-refractivity contribution in [3.8, 4) is 0 Å². The van der Waals surface area contributed by atoms with Gasteiger partial charge in [-0.15, -0.1) is 0 Å². The number of piperidine rings is 1. The first-order valence-corrected chi connectivity index (χ1v) is 7.67. The number of hydrogen-bond donors (Lipinski definition) is 1. The Morgan fingerprint density at radius 1 is 1.05 bits per heavy atom. The van der Waals surface area contributed by atoms with Gasteiger partial charge in [-0.2, -0.15) is 0 Å². The first-order chi connectivity index (χ1) is 10.4. The molecule has 1 saturated heterocycles. The van der Waals surface area contributed by atoms with Crippen LogP contribution in [0.4, 0.5) is 0 Å². The third-order valence-electron chi connectivity index (χ3n) is 4.09. The smallest absolute Gasteiger partial charge is 0.0721 e. The number of ether oxygens (including phenoxy) is 1. The zero-order chi connectivity index (χ0) is 14.3. The van der Waals surface area contributed by atoms with E-state index < -0.39 is 0 Å². The fraction of sp³-hybridized carbons (Fsp3) is 0.389. The van der Waals surface area contributed by atoms with Gasteiger partial charge in [-0.05, 0) is 42.6 Å². The van der Waals surface area contributed by atoms with E-state index in [1.807, 2.05) is 24.5 Å². The molecule has 2 aromatic rings. The molecule has 0 radical (unpaired) electrons. The Kier molecular flexibility index (Phi) is 4.98. The molecular formula is C18H22N2O. The van der Waals surface area contributed by atoms with E-state index in [-0.39, 0.29) is 0 Å². The molecule has 1 fully saturated rings. The fourth-order valence-electron chi connectivity index (χ4n) is 2.92. The molecule has 1 aromatic heterocycles. The third kappa shape index (κ3) is 4.13. The van der Waals surface area contributed by atoms with Crippen LogP contribution in [0.5, 0.6) is 0 Å². The predicted octanol–water partition coefficient (Wildman–Crippen LogP) is 2.82. The predicted molar refractivity (Wildman–Crippen MR) is 83.9 cm³/mol. The standard InChI is InChI=1S/C18H22N2O/c1-2-4-15(5-3-1)12-17-13-20-11-8-18(17)21-14-16-6-9-19-10-7-16/h1-7,9-10,17-18,20H,8,11-14H2/t17-,18+/m0/s1. The van der Waals surface area contributed by atoms with Crippen LogP contribution in [0.1, 0.15) is 17.5 Å². The lowest BCUT2D eigenvalue weighted by Crippen LogP contribution is -2.42. The summed E-state index contributed by atoms with van der Waals surface area (Å²) >= 11 is 0. The van der Waals surface area contributed by atoms with Gasteiger partial charge in [0.05, 0.1) is 12.7 Å². The summed E-state index contributed by atoms with van der Waals surface area (Å²) in [5.41, 5.74) is 2.59. The van der Waals surface area contributed by atoms with E-state index in [4.69, 9.17) is 4.74 Å². The molecule has 0 bridgehead atoms. The van der Waals surface area contributed by atoms with Crippen LogP contribution >= 0.6 is 0 Å².